The van der Waals surface area contributed by atoms with Crippen molar-refractivity contribution in [2.75, 3.05) is 17.3 Å². The second-order valence-electron chi connectivity index (χ2n) is 3.78. The molecule has 96 valence electrons. The molecular weight excluding hydrogens is 254 g/mol. The molecule has 17 heavy (non-hydrogen) atoms. The molecule has 0 radical (unpaired) electrons. The number of sulfone groups is 1. The van der Waals surface area contributed by atoms with Gasteiger partial charge in [-0.3, -0.25) is 0 Å². The van der Waals surface area contributed by atoms with Crippen LogP contribution in [0.5, 0.6) is 0 Å². The van der Waals surface area contributed by atoms with Crippen LogP contribution in [0.1, 0.15) is 18.9 Å². The van der Waals surface area contributed by atoms with Crippen LogP contribution >= 0.6 is 11.8 Å². The Morgan fingerprint density at radius 1 is 1.29 bits per heavy atom. The molecule has 0 heterocycles. The lowest BCUT2D eigenvalue weighted by Crippen LogP contribution is -2.10. The first-order valence-electron chi connectivity index (χ1n) is 5.69. The summed E-state index contributed by atoms with van der Waals surface area (Å²) < 4.78 is 24.0. The van der Waals surface area contributed by atoms with E-state index in [9.17, 15) is 8.42 Å². The number of thioether (sulfide) groups is 1. The Labute approximate surface area is 108 Å². The maximum Gasteiger partial charge on any atom is 0.179 e. The lowest BCUT2D eigenvalue weighted by molar-refractivity contribution is 0.597. The van der Waals surface area contributed by atoms with E-state index in [1.807, 2.05) is 6.07 Å². The van der Waals surface area contributed by atoms with E-state index in [2.05, 4.69) is 6.92 Å². The molecule has 5 heteroatoms. The lowest BCUT2D eigenvalue weighted by atomic mass is 10.2. The first kappa shape index (κ1) is 14.5. The summed E-state index contributed by atoms with van der Waals surface area (Å²) in [5.74, 6) is 1.87. The largest absolute Gasteiger partial charge is 0.326 e. The molecule has 0 saturated carbocycles. The summed E-state index contributed by atoms with van der Waals surface area (Å²) in [6, 6.07) is 6.89. The number of hydrogen-bond acceptors (Lipinski definition) is 4. The molecule has 0 atom stereocenters. The van der Waals surface area contributed by atoms with Crippen molar-refractivity contribution in [2.24, 2.45) is 5.73 Å². The molecule has 1 rings (SSSR count). The van der Waals surface area contributed by atoms with Gasteiger partial charge in [-0.25, -0.2) is 8.42 Å². The maximum atomic E-state index is 12.0. The first-order valence-corrected chi connectivity index (χ1v) is 8.50. The van der Waals surface area contributed by atoms with Crippen molar-refractivity contribution >= 4 is 21.6 Å². The third-order valence-corrected chi connectivity index (χ3v) is 5.50. The van der Waals surface area contributed by atoms with E-state index in [1.54, 1.807) is 30.0 Å². The molecule has 2 N–H and O–H groups in total. The Hall–Kier alpha value is -0.520. The third-order valence-electron chi connectivity index (χ3n) is 2.34. The topological polar surface area (TPSA) is 60.2 Å². The summed E-state index contributed by atoms with van der Waals surface area (Å²) >= 11 is 1.68. The Balaban J connectivity index is 2.68. The zero-order chi connectivity index (χ0) is 12.7. The van der Waals surface area contributed by atoms with Crippen LogP contribution in [-0.2, 0) is 16.4 Å². The fraction of sp³-hybridized carbons (Fsp3) is 0.500. The molecule has 0 saturated heterocycles. The molecular formula is C12H19NO2S2. The average Bonchev–Trinajstić information content (AvgIpc) is 2.35. The number of nitrogens with two attached hydrogens (primary N) is 1. The highest BCUT2D eigenvalue weighted by Gasteiger charge is 2.14. The van der Waals surface area contributed by atoms with Gasteiger partial charge in [0.2, 0.25) is 0 Å². The van der Waals surface area contributed by atoms with E-state index in [4.69, 9.17) is 5.73 Å². The predicted molar refractivity (Wildman–Crippen MR) is 74.0 cm³/mol. The van der Waals surface area contributed by atoms with Crippen molar-refractivity contribution in [3.63, 3.8) is 0 Å². The summed E-state index contributed by atoms with van der Waals surface area (Å²) in [6.45, 7) is 2.46. The molecule has 0 fully saturated rings. The molecule has 1 aromatic rings. The molecule has 0 bridgehead atoms. The highest BCUT2D eigenvalue weighted by atomic mass is 32.2. The van der Waals surface area contributed by atoms with Crippen molar-refractivity contribution in [1.82, 2.24) is 0 Å². The van der Waals surface area contributed by atoms with Crippen molar-refractivity contribution in [2.45, 2.75) is 24.8 Å². The van der Waals surface area contributed by atoms with Gasteiger partial charge in [0.1, 0.15) is 0 Å². The highest BCUT2D eigenvalue weighted by molar-refractivity contribution is 8.00. The van der Waals surface area contributed by atoms with E-state index < -0.39 is 9.84 Å². The van der Waals surface area contributed by atoms with Crippen molar-refractivity contribution in [3.8, 4) is 0 Å². The minimum Gasteiger partial charge on any atom is -0.326 e. The number of rotatable bonds is 7. The van der Waals surface area contributed by atoms with Gasteiger partial charge in [-0.2, -0.15) is 11.8 Å². The van der Waals surface area contributed by atoms with E-state index in [0.29, 0.717) is 17.2 Å². The molecule has 0 unspecified atom stereocenters. The molecule has 0 amide bonds. The summed E-state index contributed by atoms with van der Waals surface area (Å²) in [6.07, 6.45) is 1.08. The molecule has 0 aromatic heterocycles. The SMILES string of the molecule is CCCSCCS(=O)(=O)c1cccc(CN)c1. The molecule has 3 nitrogen and oxygen atoms in total. The quantitative estimate of drug-likeness (QED) is 0.773. The van der Waals surface area contributed by atoms with Crippen LogP contribution in [0.15, 0.2) is 29.2 Å². The molecule has 1 aromatic carbocycles. The van der Waals surface area contributed by atoms with Gasteiger partial charge in [-0.15, -0.1) is 0 Å². The normalized spacial score (nSPS) is 11.6. The van der Waals surface area contributed by atoms with Crippen LogP contribution < -0.4 is 5.73 Å². The molecule has 0 aliphatic heterocycles. The second kappa shape index (κ2) is 7.03. The van der Waals surface area contributed by atoms with Gasteiger partial charge >= 0.3 is 0 Å². The fourth-order valence-corrected chi connectivity index (χ4v) is 4.09. The Morgan fingerprint density at radius 2 is 2.06 bits per heavy atom. The zero-order valence-electron chi connectivity index (χ0n) is 10.1. The van der Waals surface area contributed by atoms with E-state index in [-0.39, 0.29) is 5.75 Å². The standard InChI is InChI=1S/C12H19NO2S2/c1-2-6-16-7-8-17(14,15)12-5-3-4-11(9-12)10-13/h3-5,9H,2,6-8,10,13H2,1H3. The predicted octanol–water partition coefficient (Wildman–Crippen LogP) is 2.06. The summed E-state index contributed by atoms with van der Waals surface area (Å²) in [7, 11) is -3.15. The van der Waals surface area contributed by atoms with Crippen LogP contribution in [0.25, 0.3) is 0 Å². The van der Waals surface area contributed by atoms with Gasteiger partial charge in [0.05, 0.1) is 10.6 Å². The van der Waals surface area contributed by atoms with Gasteiger partial charge in [0.15, 0.2) is 9.84 Å². The Morgan fingerprint density at radius 3 is 2.71 bits per heavy atom. The molecule has 0 aliphatic rings. The maximum absolute atomic E-state index is 12.0. The van der Waals surface area contributed by atoms with Crippen LogP contribution in [0.2, 0.25) is 0 Å². The second-order valence-corrected chi connectivity index (χ2v) is 7.12. The fourth-order valence-electron chi connectivity index (χ4n) is 1.40. The molecule has 0 spiro atoms. The Bertz CT molecular complexity index is 444. The Kier molecular flexibility index (Phi) is 6.02. The van der Waals surface area contributed by atoms with Crippen LogP contribution in [0.3, 0.4) is 0 Å². The first-order chi connectivity index (χ1) is 8.10. The number of hydrogen-bond donors (Lipinski definition) is 1. The minimum atomic E-state index is -3.15. The molecule has 0 aliphatic carbocycles. The van der Waals surface area contributed by atoms with Crippen molar-refractivity contribution in [1.29, 1.82) is 0 Å². The zero-order valence-corrected chi connectivity index (χ0v) is 11.7. The van der Waals surface area contributed by atoms with E-state index in [1.165, 1.54) is 0 Å². The summed E-state index contributed by atoms with van der Waals surface area (Å²) in [5.41, 5.74) is 6.36. The van der Waals surface area contributed by atoms with Gasteiger partial charge in [-0.1, -0.05) is 19.1 Å². The van der Waals surface area contributed by atoms with Gasteiger partial charge < -0.3 is 5.73 Å². The van der Waals surface area contributed by atoms with Crippen LogP contribution in [-0.4, -0.2) is 25.7 Å². The summed E-state index contributed by atoms with van der Waals surface area (Å²) in [4.78, 5) is 0.387. The minimum absolute atomic E-state index is 0.200. The van der Waals surface area contributed by atoms with Gasteiger partial charge in [0, 0.05) is 12.3 Å². The van der Waals surface area contributed by atoms with Gasteiger partial charge in [-0.05, 0) is 29.9 Å². The van der Waals surface area contributed by atoms with E-state index >= 15 is 0 Å². The third kappa shape index (κ3) is 4.69. The van der Waals surface area contributed by atoms with E-state index in [0.717, 1.165) is 17.7 Å². The smallest absolute Gasteiger partial charge is 0.179 e. The summed E-state index contributed by atoms with van der Waals surface area (Å²) in [5, 5.41) is 0. The average molecular weight is 273 g/mol. The highest BCUT2D eigenvalue weighted by Crippen LogP contribution is 2.15. The monoisotopic (exact) mass is 273 g/mol. The van der Waals surface area contributed by atoms with Crippen LogP contribution in [0, 0.1) is 0 Å². The lowest BCUT2D eigenvalue weighted by Gasteiger charge is -2.05. The van der Waals surface area contributed by atoms with Crippen LogP contribution in [0.4, 0.5) is 0 Å². The van der Waals surface area contributed by atoms with Crippen molar-refractivity contribution < 1.29 is 8.42 Å². The van der Waals surface area contributed by atoms with Gasteiger partial charge in [0.25, 0.3) is 0 Å². The van der Waals surface area contributed by atoms with Crippen molar-refractivity contribution in [3.05, 3.63) is 29.8 Å². The number of benzene rings is 1.